The average molecular weight is 271 g/mol. The Morgan fingerprint density at radius 1 is 1.15 bits per heavy atom. The van der Waals surface area contributed by atoms with Gasteiger partial charge < -0.3 is 10.2 Å². The molecule has 4 heteroatoms. The molecule has 0 atom stereocenters. The standard InChI is InChI=1S/C16H21N3O/c1-11-8-9-12(16(2,3)4)13(10-11)20-15-7-5-6-14(18-15)19-17/h5-10H,17H2,1-4H3,(H,18,19). The molecule has 0 aliphatic heterocycles. The first-order chi connectivity index (χ1) is 9.40. The van der Waals surface area contributed by atoms with E-state index in [4.69, 9.17) is 10.6 Å². The average Bonchev–Trinajstić information content (AvgIpc) is 2.37. The number of nitrogens with one attached hydrogen (secondary N) is 1. The molecule has 0 unspecified atom stereocenters. The Morgan fingerprint density at radius 3 is 2.55 bits per heavy atom. The van der Waals surface area contributed by atoms with Crippen molar-refractivity contribution in [2.75, 3.05) is 5.43 Å². The van der Waals surface area contributed by atoms with Crippen LogP contribution in [0.2, 0.25) is 0 Å². The van der Waals surface area contributed by atoms with Gasteiger partial charge in [0.05, 0.1) is 0 Å². The normalized spacial score (nSPS) is 11.2. The summed E-state index contributed by atoms with van der Waals surface area (Å²) in [6.45, 7) is 8.53. The molecule has 4 nitrogen and oxygen atoms in total. The number of aryl methyl sites for hydroxylation is 1. The number of ether oxygens (including phenoxy) is 1. The molecule has 0 bridgehead atoms. The first-order valence-corrected chi connectivity index (χ1v) is 6.63. The molecular weight excluding hydrogens is 250 g/mol. The summed E-state index contributed by atoms with van der Waals surface area (Å²) in [5, 5.41) is 0. The van der Waals surface area contributed by atoms with Crippen LogP contribution in [0, 0.1) is 6.92 Å². The van der Waals surface area contributed by atoms with Gasteiger partial charge in [-0.1, -0.05) is 39.0 Å². The van der Waals surface area contributed by atoms with Crippen molar-refractivity contribution in [2.45, 2.75) is 33.1 Å². The minimum atomic E-state index is 0.00671. The molecule has 0 saturated heterocycles. The van der Waals surface area contributed by atoms with Gasteiger partial charge in [0.15, 0.2) is 0 Å². The summed E-state index contributed by atoms with van der Waals surface area (Å²) < 4.78 is 5.95. The van der Waals surface area contributed by atoms with Gasteiger partial charge in [-0.3, -0.25) is 0 Å². The van der Waals surface area contributed by atoms with Crippen molar-refractivity contribution < 1.29 is 4.74 Å². The lowest BCUT2D eigenvalue weighted by Crippen LogP contribution is -2.13. The molecule has 0 spiro atoms. The summed E-state index contributed by atoms with van der Waals surface area (Å²) in [6, 6.07) is 11.7. The lowest BCUT2D eigenvalue weighted by molar-refractivity contribution is 0.440. The third-order valence-corrected chi connectivity index (χ3v) is 3.03. The Morgan fingerprint density at radius 2 is 1.90 bits per heavy atom. The van der Waals surface area contributed by atoms with Crippen molar-refractivity contribution >= 4 is 5.82 Å². The maximum atomic E-state index is 5.95. The zero-order chi connectivity index (χ0) is 14.8. The predicted molar refractivity (Wildman–Crippen MR) is 82.0 cm³/mol. The number of hydrogen-bond donors (Lipinski definition) is 2. The Bertz CT molecular complexity index is 603. The summed E-state index contributed by atoms with van der Waals surface area (Å²) in [4.78, 5) is 4.28. The summed E-state index contributed by atoms with van der Waals surface area (Å²) in [5.41, 5.74) is 4.83. The minimum Gasteiger partial charge on any atom is -0.439 e. The molecule has 0 amide bonds. The molecule has 2 rings (SSSR count). The first kappa shape index (κ1) is 14.3. The number of nitrogens with zero attached hydrogens (tertiary/aromatic N) is 1. The maximum absolute atomic E-state index is 5.95. The Kier molecular flexibility index (Phi) is 3.95. The highest BCUT2D eigenvalue weighted by atomic mass is 16.5. The number of aromatic nitrogens is 1. The van der Waals surface area contributed by atoms with Crippen LogP contribution >= 0.6 is 0 Å². The summed E-state index contributed by atoms with van der Waals surface area (Å²) >= 11 is 0. The van der Waals surface area contributed by atoms with E-state index in [0.29, 0.717) is 11.7 Å². The van der Waals surface area contributed by atoms with Crippen molar-refractivity contribution in [2.24, 2.45) is 5.84 Å². The largest absolute Gasteiger partial charge is 0.439 e. The van der Waals surface area contributed by atoms with E-state index in [1.165, 1.54) is 0 Å². The molecule has 0 fully saturated rings. The van der Waals surface area contributed by atoms with Gasteiger partial charge in [-0.15, -0.1) is 0 Å². The van der Waals surface area contributed by atoms with Crippen molar-refractivity contribution in [1.82, 2.24) is 4.98 Å². The number of benzene rings is 1. The van der Waals surface area contributed by atoms with Gasteiger partial charge in [-0.2, -0.15) is 4.98 Å². The van der Waals surface area contributed by atoms with E-state index in [0.717, 1.165) is 16.9 Å². The molecule has 0 aliphatic carbocycles. The van der Waals surface area contributed by atoms with E-state index in [1.807, 2.05) is 25.1 Å². The molecule has 3 N–H and O–H groups in total. The topological polar surface area (TPSA) is 60.2 Å². The molecule has 2 aromatic rings. The molecule has 1 aromatic heterocycles. The van der Waals surface area contributed by atoms with Gasteiger partial charge in [-0.05, 0) is 30.0 Å². The van der Waals surface area contributed by atoms with Crippen LogP contribution in [0.5, 0.6) is 11.6 Å². The Balaban J connectivity index is 2.39. The molecule has 0 saturated carbocycles. The van der Waals surface area contributed by atoms with Gasteiger partial charge in [0, 0.05) is 11.6 Å². The second-order valence-electron chi connectivity index (χ2n) is 5.86. The van der Waals surface area contributed by atoms with Crippen molar-refractivity contribution in [3.63, 3.8) is 0 Å². The van der Waals surface area contributed by atoms with Gasteiger partial charge in [0.25, 0.3) is 0 Å². The highest BCUT2D eigenvalue weighted by Crippen LogP contribution is 2.34. The SMILES string of the molecule is Cc1ccc(C(C)(C)C)c(Oc2cccc(NN)n2)c1. The van der Waals surface area contributed by atoms with Crippen molar-refractivity contribution in [3.05, 3.63) is 47.5 Å². The number of nitrogen functional groups attached to an aromatic ring is 1. The minimum absolute atomic E-state index is 0.00671. The molecule has 20 heavy (non-hydrogen) atoms. The number of pyridine rings is 1. The monoisotopic (exact) mass is 271 g/mol. The lowest BCUT2D eigenvalue weighted by Gasteiger charge is -2.23. The maximum Gasteiger partial charge on any atom is 0.221 e. The fraction of sp³-hybridized carbons (Fsp3) is 0.312. The van der Waals surface area contributed by atoms with Crippen LogP contribution in [0.4, 0.5) is 5.82 Å². The zero-order valence-corrected chi connectivity index (χ0v) is 12.4. The van der Waals surface area contributed by atoms with Crippen LogP contribution in [-0.4, -0.2) is 4.98 Å². The highest BCUT2D eigenvalue weighted by Gasteiger charge is 2.19. The third-order valence-electron chi connectivity index (χ3n) is 3.03. The molecule has 0 aliphatic rings. The number of anilines is 1. The number of hydrazine groups is 1. The predicted octanol–water partition coefficient (Wildman–Crippen LogP) is 3.77. The smallest absolute Gasteiger partial charge is 0.221 e. The fourth-order valence-corrected chi connectivity index (χ4v) is 2.00. The van der Waals surface area contributed by atoms with Gasteiger partial charge in [0.1, 0.15) is 11.6 Å². The number of hydrogen-bond acceptors (Lipinski definition) is 4. The van der Waals surface area contributed by atoms with Gasteiger partial charge in [0.2, 0.25) is 5.88 Å². The van der Waals surface area contributed by atoms with Crippen LogP contribution in [0.15, 0.2) is 36.4 Å². The zero-order valence-electron chi connectivity index (χ0n) is 12.4. The van der Waals surface area contributed by atoms with E-state index < -0.39 is 0 Å². The molecule has 1 heterocycles. The van der Waals surface area contributed by atoms with Crippen molar-refractivity contribution in [3.8, 4) is 11.6 Å². The first-order valence-electron chi connectivity index (χ1n) is 6.63. The number of nitrogens with two attached hydrogens (primary N) is 1. The summed E-state index contributed by atoms with van der Waals surface area (Å²) in [6.07, 6.45) is 0. The second-order valence-corrected chi connectivity index (χ2v) is 5.86. The van der Waals surface area contributed by atoms with Crippen LogP contribution in [0.3, 0.4) is 0 Å². The molecular formula is C16H21N3O. The van der Waals surface area contributed by atoms with Crippen LogP contribution in [-0.2, 0) is 5.41 Å². The quantitative estimate of drug-likeness (QED) is 0.659. The molecule has 1 aromatic carbocycles. The van der Waals surface area contributed by atoms with E-state index in [1.54, 1.807) is 6.07 Å². The Hall–Kier alpha value is -2.07. The van der Waals surface area contributed by atoms with Crippen LogP contribution in [0.25, 0.3) is 0 Å². The Labute approximate surface area is 120 Å². The van der Waals surface area contributed by atoms with E-state index in [9.17, 15) is 0 Å². The number of rotatable bonds is 3. The third kappa shape index (κ3) is 3.27. The highest BCUT2D eigenvalue weighted by molar-refractivity contribution is 5.44. The summed E-state index contributed by atoms with van der Waals surface area (Å²) in [7, 11) is 0. The van der Waals surface area contributed by atoms with E-state index in [2.05, 4.69) is 43.3 Å². The van der Waals surface area contributed by atoms with E-state index >= 15 is 0 Å². The lowest BCUT2D eigenvalue weighted by atomic mass is 9.86. The van der Waals surface area contributed by atoms with Gasteiger partial charge >= 0.3 is 0 Å². The van der Waals surface area contributed by atoms with Gasteiger partial charge in [-0.25, -0.2) is 5.84 Å². The molecule has 0 radical (unpaired) electrons. The fourth-order valence-electron chi connectivity index (χ4n) is 2.00. The van der Waals surface area contributed by atoms with Crippen molar-refractivity contribution in [1.29, 1.82) is 0 Å². The van der Waals surface area contributed by atoms with Crippen LogP contribution in [0.1, 0.15) is 31.9 Å². The van der Waals surface area contributed by atoms with E-state index in [-0.39, 0.29) is 5.41 Å². The second kappa shape index (κ2) is 5.51. The van der Waals surface area contributed by atoms with Crippen LogP contribution < -0.4 is 16.0 Å². The molecule has 106 valence electrons. The summed E-state index contributed by atoms with van der Waals surface area (Å²) in [5.74, 6) is 7.30.